The predicted octanol–water partition coefficient (Wildman–Crippen LogP) is 4.45. The number of sulfonamides is 1. The van der Waals surface area contributed by atoms with Crippen molar-refractivity contribution in [1.29, 1.82) is 0 Å². The normalized spacial score (nSPS) is 11.4. The number of benzene rings is 2. The Morgan fingerprint density at radius 3 is 2.63 bits per heavy atom. The van der Waals surface area contributed by atoms with Crippen LogP contribution in [0.1, 0.15) is 0 Å². The van der Waals surface area contributed by atoms with Gasteiger partial charge in [-0.25, -0.2) is 22.2 Å². The number of halogens is 3. The van der Waals surface area contributed by atoms with E-state index in [4.69, 9.17) is 16.3 Å². The highest BCUT2D eigenvalue weighted by Crippen LogP contribution is 2.36. The van der Waals surface area contributed by atoms with E-state index in [2.05, 4.69) is 19.6 Å². The van der Waals surface area contributed by atoms with Crippen LogP contribution < -0.4 is 9.46 Å². The molecule has 0 spiro atoms. The summed E-state index contributed by atoms with van der Waals surface area (Å²) in [5.41, 5.74) is 0.989. The molecule has 154 valence electrons. The van der Waals surface area contributed by atoms with Gasteiger partial charge in [-0.2, -0.15) is 9.47 Å². The summed E-state index contributed by atoms with van der Waals surface area (Å²) in [5.74, 6) is -2.64. The zero-order valence-corrected chi connectivity index (χ0v) is 17.0. The van der Waals surface area contributed by atoms with Crippen molar-refractivity contribution in [2.75, 3.05) is 4.72 Å². The van der Waals surface area contributed by atoms with Gasteiger partial charge in [0.25, 0.3) is 10.0 Å². The number of hydrogen-bond donors (Lipinski definition) is 2. The van der Waals surface area contributed by atoms with Crippen molar-refractivity contribution >= 4 is 38.3 Å². The smallest absolute Gasteiger partial charge is 0.266 e. The van der Waals surface area contributed by atoms with E-state index in [1.54, 1.807) is 12.1 Å². The maximum atomic E-state index is 14.6. The van der Waals surface area contributed by atoms with Crippen molar-refractivity contribution < 1.29 is 21.9 Å². The number of nitrogens with one attached hydrogen (secondary N) is 2. The van der Waals surface area contributed by atoms with Gasteiger partial charge in [0.05, 0.1) is 5.69 Å². The maximum absolute atomic E-state index is 14.6. The molecule has 0 fully saturated rings. The summed E-state index contributed by atoms with van der Waals surface area (Å²) in [6, 6.07) is 7.36. The molecule has 2 heterocycles. The van der Waals surface area contributed by atoms with Crippen LogP contribution in [0.15, 0.2) is 53.8 Å². The van der Waals surface area contributed by atoms with Crippen LogP contribution in [0.2, 0.25) is 5.02 Å². The Labute approximate surface area is 177 Å². The first-order valence-electron chi connectivity index (χ1n) is 8.09. The monoisotopic (exact) mass is 469 g/mol. The molecular formula is C17H10ClF2N5O3S2. The van der Waals surface area contributed by atoms with Gasteiger partial charge in [-0.1, -0.05) is 11.6 Å². The minimum Gasteiger partial charge on any atom is -0.453 e. The number of H-pyrrole nitrogens is 1. The summed E-state index contributed by atoms with van der Waals surface area (Å²) in [7, 11) is -4.42. The summed E-state index contributed by atoms with van der Waals surface area (Å²) in [6.45, 7) is 0. The Morgan fingerprint density at radius 1 is 1.10 bits per heavy atom. The maximum Gasteiger partial charge on any atom is 0.266 e. The van der Waals surface area contributed by atoms with Gasteiger partial charge in [0.1, 0.15) is 22.8 Å². The first-order chi connectivity index (χ1) is 14.3. The van der Waals surface area contributed by atoms with E-state index in [-0.39, 0.29) is 10.9 Å². The molecule has 4 rings (SSSR count). The molecule has 0 atom stereocenters. The lowest BCUT2D eigenvalue weighted by atomic mass is 10.1. The number of nitrogens with zero attached hydrogens (tertiary/aromatic N) is 3. The molecule has 2 N–H and O–H groups in total. The average Bonchev–Trinajstić information content (AvgIpc) is 3.39. The lowest BCUT2D eigenvalue weighted by molar-refractivity contribution is 0.433. The number of rotatable bonds is 6. The van der Waals surface area contributed by atoms with E-state index in [9.17, 15) is 17.2 Å². The zero-order chi connectivity index (χ0) is 21.3. The molecule has 0 bridgehead atoms. The van der Waals surface area contributed by atoms with Crippen molar-refractivity contribution in [3.8, 4) is 22.8 Å². The van der Waals surface area contributed by atoms with E-state index >= 15 is 0 Å². The van der Waals surface area contributed by atoms with Crippen molar-refractivity contribution in [2.45, 2.75) is 4.90 Å². The van der Waals surface area contributed by atoms with Crippen LogP contribution in [0, 0.1) is 11.6 Å². The lowest BCUT2D eigenvalue weighted by Crippen LogP contribution is -2.15. The standard InChI is InChI=1S/C17H10ClF2N5O3S2/c18-9-1-2-14(10(5-9)13-3-4-22-24-13)28-15-6-12(20)16(7-11(15)19)30(26,27)25-17-21-8-23-29-17/h1-8H,(H,22,24)(H,21,23,25). The van der Waals surface area contributed by atoms with Crippen LogP contribution in [-0.4, -0.2) is 28.0 Å². The van der Waals surface area contributed by atoms with Gasteiger partial charge in [-0.05, 0) is 24.3 Å². The third kappa shape index (κ3) is 4.10. The molecule has 2 aromatic carbocycles. The molecule has 0 aliphatic heterocycles. The van der Waals surface area contributed by atoms with Crippen molar-refractivity contribution in [3.63, 3.8) is 0 Å². The first kappa shape index (κ1) is 20.2. The van der Waals surface area contributed by atoms with Gasteiger partial charge in [-0.15, -0.1) is 0 Å². The van der Waals surface area contributed by atoms with E-state index in [1.807, 2.05) is 4.72 Å². The van der Waals surface area contributed by atoms with E-state index in [0.717, 1.165) is 17.9 Å². The predicted molar refractivity (Wildman–Crippen MR) is 106 cm³/mol. The van der Waals surface area contributed by atoms with Crippen LogP contribution in [0.5, 0.6) is 11.5 Å². The quantitative estimate of drug-likeness (QED) is 0.431. The fraction of sp³-hybridized carbons (Fsp3) is 0. The van der Waals surface area contributed by atoms with E-state index in [0.29, 0.717) is 28.4 Å². The van der Waals surface area contributed by atoms with Crippen LogP contribution in [-0.2, 0) is 10.0 Å². The number of hydrogen-bond acceptors (Lipinski definition) is 7. The van der Waals surface area contributed by atoms with Crippen LogP contribution in [0.25, 0.3) is 11.3 Å². The number of anilines is 1. The average molecular weight is 470 g/mol. The second kappa shape index (κ2) is 7.97. The Balaban J connectivity index is 1.69. The first-order valence-corrected chi connectivity index (χ1v) is 10.7. The molecule has 0 radical (unpaired) electrons. The topological polar surface area (TPSA) is 110 Å². The Kier molecular flexibility index (Phi) is 5.37. The molecule has 8 nitrogen and oxygen atoms in total. The molecule has 0 unspecified atom stereocenters. The van der Waals surface area contributed by atoms with Crippen molar-refractivity contribution in [2.24, 2.45) is 0 Å². The zero-order valence-electron chi connectivity index (χ0n) is 14.6. The van der Waals surface area contributed by atoms with E-state index < -0.39 is 32.3 Å². The molecule has 2 aromatic heterocycles. The highest BCUT2D eigenvalue weighted by Gasteiger charge is 2.24. The fourth-order valence-corrected chi connectivity index (χ4v) is 4.41. The molecular weight excluding hydrogens is 460 g/mol. The Hall–Kier alpha value is -3.09. The largest absolute Gasteiger partial charge is 0.453 e. The molecule has 30 heavy (non-hydrogen) atoms. The molecule has 13 heteroatoms. The van der Waals surface area contributed by atoms with Gasteiger partial charge >= 0.3 is 0 Å². The van der Waals surface area contributed by atoms with Crippen LogP contribution >= 0.6 is 23.1 Å². The van der Waals surface area contributed by atoms with Crippen molar-refractivity contribution in [1.82, 2.24) is 19.6 Å². The van der Waals surface area contributed by atoms with Gasteiger partial charge in [0, 0.05) is 40.4 Å². The molecule has 0 saturated heterocycles. The second-order valence-electron chi connectivity index (χ2n) is 5.78. The summed E-state index contributed by atoms with van der Waals surface area (Å²) < 4.78 is 65.1. The second-order valence-corrected chi connectivity index (χ2v) is 8.65. The minimum absolute atomic E-state index is 0.0829. The van der Waals surface area contributed by atoms with E-state index in [1.165, 1.54) is 18.3 Å². The number of aromatic nitrogens is 4. The summed E-state index contributed by atoms with van der Waals surface area (Å²) in [5, 5.41) is 6.87. The van der Waals surface area contributed by atoms with Crippen LogP contribution in [0.3, 0.4) is 0 Å². The third-order valence-corrected chi connectivity index (χ3v) is 6.11. The summed E-state index contributed by atoms with van der Waals surface area (Å²) in [6.07, 6.45) is 2.63. The summed E-state index contributed by atoms with van der Waals surface area (Å²) in [4.78, 5) is 2.76. The highest BCUT2D eigenvalue weighted by atomic mass is 35.5. The van der Waals surface area contributed by atoms with Gasteiger partial charge < -0.3 is 4.74 Å². The molecule has 0 aliphatic rings. The van der Waals surface area contributed by atoms with Crippen LogP contribution in [0.4, 0.5) is 13.9 Å². The summed E-state index contributed by atoms with van der Waals surface area (Å²) >= 11 is 6.77. The molecule has 0 aliphatic carbocycles. The fourth-order valence-electron chi connectivity index (χ4n) is 2.51. The third-order valence-electron chi connectivity index (χ3n) is 3.81. The number of ether oxygens (including phenoxy) is 1. The van der Waals surface area contributed by atoms with Crippen molar-refractivity contribution in [3.05, 3.63) is 65.6 Å². The lowest BCUT2D eigenvalue weighted by Gasteiger charge is -2.13. The minimum atomic E-state index is -4.42. The number of aromatic amines is 1. The molecule has 0 saturated carbocycles. The highest BCUT2D eigenvalue weighted by molar-refractivity contribution is 7.93. The van der Waals surface area contributed by atoms with Gasteiger partial charge in [0.15, 0.2) is 11.6 Å². The SMILES string of the molecule is O=S(=O)(Nc1ncns1)c1cc(F)c(Oc2ccc(Cl)cc2-c2ccn[nH]2)cc1F. The van der Waals surface area contributed by atoms with Gasteiger partial charge in [-0.3, -0.25) is 9.82 Å². The molecule has 0 amide bonds. The molecule has 4 aromatic rings. The van der Waals surface area contributed by atoms with Gasteiger partial charge in [0.2, 0.25) is 5.13 Å². The Morgan fingerprint density at radius 2 is 1.93 bits per heavy atom. The Bertz CT molecular complexity index is 1300.